The molecule has 0 aromatic heterocycles. The zero-order valence-corrected chi connectivity index (χ0v) is 14.5. The van der Waals surface area contributed by atoms with Crippen molar-refractivity contribution in [3.8, 4) is 0 Å². The Morgan fingerprint density at radius 3 is 2.04 bits per heavy atom. The number of carbonyl (C=O) groups is 2. The van der Waals surface area contributed by atoms with Crippen molar-refractivity contribution in [3.63, 3.8) is 0 Å². The number of aliphatic carboxylic acids is 1. The van der Waals surface area contributed by atoms with Gasteiger partial charge in [0, 0.05) is 26.1 Å². The minimum absolute atomic E-state index is 0.0508. The summed E-state index contributed by atoms with van der Waals surface area (Å²) in [5.74, 6) is -2.65. The molecule has 0 unspecified atom stereocenters. The number of rotatable bonds is 15. The molecule has 0 aromatic rings. The van der Waals surface area contributed by atoms with Crippen molar-refractivity contribution >= 4 is 11.9 Å². The van der Waals surface area contributed by atoms with Crippen molar-refractivity contribution in [2.45, 2.75) is 65.3 Å². The molecule has 0 aliphatic rings. The highest BCUT2D eigenvalue weighted by atomic mass is 16.9. The summed E-state index contributed by atoms with van der Waals surface area (Å²) in [5.41, 5.74) is 0. The first-order chi connectivity index (χ1) is 11.0. The van der Waals surface area contributed by atoms with Crippen LogP contribution in [-0.4, -0.2) is 49.4 Å². The molecule has 1 N–H and O–H groups in total. The maximum atomic E-state index is 11.7. The molecule has 0 radical (unpaired) electrons. The largest absolute Gasteiger partial charge is 0.481 e. The van der Waals surface area contributed by atoms with Crippen LogP contribution in [0.15, 0.2) is 0 Å². The van der Waals surface area contributed by atoms with Crippen molar-refractivity contribution in [2.75, 3.05) is 26.4 Å². The second-order valence-electron chi connectivity index (χ2n) is 5.01. The first-order valence-corrected chi connectivity index (χ1v) is 8.29. The summed E-state index contributed by atoms with van der Waals surface area (Å²) in [6.07, 6.45) is 2.95. The van der Waals surface area contributed by atoms with Crippen LogP contribution >= 0.6 is 0 Å². The van der Waals surface area contributed by atoms with E-state index in [1.165, 1.54) is 0 Å². The minimum Gasteiger partial charge on any atom is -0.481 e. The number of carboxylic acid groups (broad SMARTS) is 1. The van der Waals surface area contributed by atoms with Gasteiger partial charge in [-0.2, -0.15) is 0 Å². The Kier molecular flexibility index (Phi) is 12.6. The Labute approximate surface area is 138 Å². The number of carbonyl (C=O) groups excluding carboxylic acids is 1. The second-order valence-corrected chi connectivity index (χ2v) is 5.01. The SMILES string of the molecule is CCCCOC(COC(=O)CCCCC(=O)O)(OCC)OCC. The molecule has 136 valence electrons. The Balaban J connectivity index is 4.33. The van der Waals surface area contributed by atoms with E-state index < -0.39 is 17.9 Å². The van der Waals surface area contributed by atoms with Crippen LogP contribution in [0.3, 0.4) is 0 Å². The highest BCUT2D eigenvalue weighted by molar-refractivity contribution is 5.69. The number of ether oxygens (including phenoxy) is 4. The molecular weight excluding hydrogens is 304 g/mol. The smallest absolute Gasteiger partial charge is 0.319 e. The van der Waals surface area contributed by atoms with Crippen molar-refractivity contribution in [2.24, 2.45) is 0 Å². The maximum Gasteiger partial charge on any atom is 0.319 e. The number of unbranched alkanes of at least 4 members (excludes halogenated alkanes) is 2. The van der Waals surface area contributed by atoms with Gasteiger partial charge in [-0.05, 0) is 33.1 Å². The standard InChI is InChI=1S/C16H30O7/c1-4-7-12-23-16(21-5-2,22-6-3)13-20-15(19)11-9-8-10-14(17)18/h4-13H2,1-3H3,(H,17,18). The number of hydrogen-bond donors (Lipinski definition) is 1. The first-order valence-electron chi connectivity index (χ1n) is 8.29. The topological polar surface area (TPSA) is 91.3 Å². The summed E-state index contributed by atoms with van der Waals surface area (Å²) in [6.45, 7) is 6.70. The van der Waals surface area contributed by atoms with Gasteiger partial charge in [-0.25, -0.2) is 0 Å². The highest BCUT2D eigenvalue weighted by Gasteiger charge is 2.35. The van der Waals surface area contributed by atoms with Crippen LogP contribution in [0, 0.1) is 0 Å². The van der Waals surface area contributed by atoms with E-state index in [9.17, 15) is 9.59 Å². The van der Waals surface area contributed by atoms with Gasteiger partial charge in [0.15, 0.2) is 6.61 Å². The lowest BCUT2D eigenvalue weighted by molar-refractivity contribution is -0.389. The highest BCUT2D eigenvalue weighted by Crippen LogP contribution is 2.18. The van der Waals surface area contributed by atoms with Crippen LogP contribution in [0.25, 0.3) is 0 Å². The zero-order chi connectivity index (χ0) is 17.6. The van der Waals surface area contributed by atoms with Gasteiger partial charge in [0.25, 0.3) is 0 Å². The summed E-state index contributed by atoms with van der Waals surface area (Å²) in [4.78, 5) is 22.1. The molecule has 0 fully saturated rings. The molecule has 0 aliphatic carbocycles. The molecular formula is C16H30O7. The molecule has 0 spiro atoms. The Bertz CT molecular complexity index is 324. The van der Waals surface area contributed by atoms with Gasteiger partial charge in [-0.3, -0.25) is 9.59 Å². The molecule has 7 nitrogen and oxygen atoms in total. The maximum absolute atomic E-state index is 11.7. The quantitative estimate of drug-likeness (QED) is 0.280. The average molecular weight is 334 g/mol. The third kappa shape index (κ3) is 11.1. The summed E-state index contributed by atoms with van der Waals surface area (Å²) in [6, 6.07) is 0. The summed E-state index contributed by atoms with van der Waals surface area (Å²) in [7, 11) is 0. The monoisotopic (exact) mass is 334 g/mol. The van der Waals surface area contributed by atoms with Crippen molar-refractivity contribution in [1.29, 1.82) is 0 Å². The van der Waals surface area contributed by atoms with Gasteiger partial charge in [-0.15, -0.1) is 0 Å². The zero-order valence-electron chi connectivity index (χ0n) is 14.5. The summed E-state index contributed by atoms with van der Waals surface area (Å²) in [5, 5.41) is 8.54. The lowest BCUT2D eigenvalue weighted by Crippen LogP contribution is -2.45. The molecule has 0 amide bonds. The average Bonchev–Trinajstić information content (AvgIpc) is 2.50. The van der Waals surface area contributed by atoms with E-state index in [-0.39, 0.29) is 19.4 Å². The van der Waals surface area contributed by atoms with E-state index in [1.807, 2.05) is 20.8 Å². The fourth-order valence-corrected chi connectivity index (χ4v) is 1.85. The van der Waals surface area contributed by atoms with Crippen molar-refractivity contribution < 1.29 is 33.6 Å². The third-order valence-electron chi connectivity index (χ3n) is 2.98. The molecule has 0 saturated heterocycles. The number of esters is 1. The van der Waals surface area contributed by atoms with Crippen LogP contribution in [0.5, 0.6) is 0 Å². The number of carboxylic acids is 1. The first kappa shape index (κ1) is 21.8. The van der Waals surface area contributed by atoms with E-state index in [0.717, 1.165) is 12.8 Å². The van der Waals surface area contributed by atoms with Crippen LogP contribution in [0.1, 0.15) is 59.3 Å². The van der Waals surface area contributed by atoms with Crippen molar-refractivity contribution in [3.05, 3.63) is 0 Å². The predicted octanol–water partition coefficient (Wildman–Crippen LogP) is 2.72. The number of hydrogen-bond acceptors (Lipinski definition) is 6. The summed E-state index contributed by atoms with van der Waals surface area (Å²) < 4.78 is 21.9. The van der Waals surface area contributed by atoms with E-state index in [2.05, 4.69) is 0 Å². The lowest BCUT2D eigenvalue weighted by Gasteiger charge is -2.32. The Morgan fingerprint density at radius 2 is 1.52 bits per heavy atom. The van der Waals surface area contributed by atoms with E-state index in [1.54, 1.807) is 0 Å². The van der Waals surface area contributed by atoms with Gasteiger partial charge in [0.05, 0.1) is 6.61 Å². The second kappa shape index (κ2) is 13.3. The third-order valence-corrected chi connectivity index (χ3v) is 2.98. The van der Waals surface area contributed by atoms with Gasteiger partial charge in [0.2, 0.25) is 0 Å². The molecule has 7 heteroatoms. The fraction of sp³-hybridized carbons (Fsp3) is 0.875. The molecule has 0 aromatic carbocycles. The minimum atomic E-state index is -1.37. The van der Waals surface area contributed by atoms with Gasteiger partial charge >= 0.3 is 17.9 Å². The molecule has 0 bridgehead atoms. The molecule has 0 rings (SSSR count). The molecule has 23 heavy (non-hydrogen) atoms. The van der Waals surface area contributed by atoms with Crippen molar-refractivity contribution in [1.82, 2.24) is 0 Å². The molecule has 0 saturated carbocycles. The lowest BCUT2D eigenvalue weighted by atomic mass is 10.2. The van der Waals surface area contributed by atoms with Gasteiger partial charge in [0.1, 0.15) is 0 Å². The molecule has 0 atom stereocenters. The van der Waals surface area contributed by atoms with Gasteiger partial charge < -0.3 is 24.1 Å². The van der Waals surface area contributed by atoms with Gasteiger partial charge in [-0.1, -0.05) is 13.3 Å². The van der Waals surface area contributed by atoms with Crippen LogP contribution < -0.4 is 0 Å². The predicted molar refractivity (Wildman–Crippen MR) is 83.9 cm³/mol. The van der Waals surface area contributed by atoms with Crippen LogP contribution in [-0.2, 0) is 28.5 Å². The Morgan fingerprint density at radius 1 is 0.913 bits per heavy atom. The van der Waals surface area contributed by atoms with Crippen LogP contribution in [0.4, 0.5) is 0 Å². The van der Waals surface area contributed by atoms with E-state index in [4.69, 9.17) is 24.1 Å². The summed E-state index contributed by atoms with van der Waals surface area (Å²) >= 11 is 0. The molecule has 0 heterocycles. The molecule has 0 aliphatic heterocycles. The normalized spacial score (nSPS) is 11.4. The fourth-order valence-electron chi connectivity index (χ4n) is 1.85. The van der Waals surface area contributed by atoms with Crippen LogP contribution in [0.2, 0.25) is 0 Å². The van der Waals surface area contributed by atoms with E-state index >= 15 is 0 Å². The van der Waals surface area contributed by atoms with E-state index in [0.29, 0.717) is 32.7 Å². The Hall–Kier alpha value is -1.18.